The molecule has 0 aliphatic carbocycles. The monoisotopic (exact) mass is 475 g/mol. The van der Waals surface area contributed by atoms with Crippen molar-refractivity contribution in [3.63, 3.8) is 0 Å². The molecule has 0 radical (unpaired) electrons. The van der Waals surface area contributed by atoms with Gasteiger partial charge in [-0.3, -0.25) is 0 Å². The molecule has 1 saturated heterocycles. The van der Waals surface area contributed by atoms with Gasteiger partial charge in [0.15, 0.2) is 5.65 Å². The number of aromatic carboxylic acids is 1. The Morgan fingerprint density at radius 3 is 2.67 bits per heavy atom. The highest BCUT2D eigenvalue weighted by Crippen LogP contribution is 2.30. The maximum absolute atomic E-state index is 11.7. The summed E-state index contributed by atoms with van der Waals surface area (Å²) in [6.07, 6.45) is 1.73. The Labute approximate surface area is 206 Å². The number of imidazole rings is 1. The molecule has 3 aromatic heterocycles. The van der Waals surface area contributed by atoms with Crippen LogP contribution in [0.25, 0.3) is 27.8 Å². The summed E-state index contributed by atoms with van der Waals surface area (Å²) in [6.45, 7) is 2.78. The average molecular weight is 476 g/mol. The number of benzene rings is 2. The number of carbonyl (C=O) groups is 1. The Hall–Kier alpha value is -4.74. The van der Waals surface area contributed by atoms with E-state index in [1.165, 1.54) is 0 Å². The summed E-state index contributed by atoms with van der Waals surface area (Å²) in [7, 11) is 0. The highest BCUT2D eigenvalue weighted by molar-refractivity contribution is 5.90. The minimum Gasteiger partial charge on any atom is -0.478 e. The van der Waals surface area contributed by atoms with E-state index in [4.69, 9.17) is 9.72 Å². The fourth-order valence-electron chi connectivity index (χ4n) is 4.39. The third kappa shape index (κ3) is 4.02. The number of hydrogen-bond donors (Lipinski definition) is 1. The average Bonchev–Trinajstić information content (AvgIpc) is 3.31. The lowest BCUT2D eigenvalue weighted by atomic mass is 10.1. The van der Waals surface area contributed by atoms with Crippen molar-refractivity contribution in [2.75, 3.05) is 31.2 Å². The molecule has 1 N–H and O–H groups in total. The van der Waals surface area contributed by atoms with Crippen molar-refractivity contribution in [2.24, 2.45) is 0 Å². The van der Waals surface area contributed by atoms with Crippen molar-refractivity contribution in [3.8, 4) is 23.1 Å². The molecular weight excluding hydrogens is 454 g/mol. The van der Waals surface area contributed by atoms with Gasteiger partial charge in [0, 0.05) is 24.0 Å². The summed E-state index contributed by atoms with van der Waals surface area (Å²) < 4.78 is 7.26. The second-order valence-corrected chi connectivity index (χ2v) is 8.39. The number of para-hydroxylation sites is 1. The highest BCUT2D eigenvalue weighted by Gasteiger charge is 2.21. The minimum absolute atomic E-state index is 0.182. The van der Waals surface area contributed by atoms with Gasteiger partial charge in [-0.15, -0.1) is 0 Å². The Morgan fingerprint density at radius 1 is 0.944 bits per heavy atom. The third-order valence-electron chi connectivity index (χ3n) is 6.14. The van der Waals surface area contributed by atoms with E-state index in [1.807, 2.05) is 48.5 Å². The van der Waals surface area contributed by atoms with Gasteiger partial charge in [0.2, 0.25) is 0 Å². The molecule has 4 heterocycles. The molecule has 36 heavy (non-hydrogen) atoms. The minimum atomic E-state index is -0.999. The Morgan fingerprint density at radius 2 is 1.81 bits per heavy atom. The van der Waals surface area contributed by atoms with E-state index in [9.17, 15) is 9.90 Å². The maximum atomic E-state index is 11.7. The Balaban J connectivity index is 1.53. The number of hydrogen-bond acceptors (Lipinski definition) is 6. The number of aromatic nitrogens is 4. The fraction of sp³-hybridized carbons (Fsp3) is 0.143. The van der Waals surface area contributed by atoms with E-state index in [1.54, 1.807) is 28.9 Å². The second kappa shape index (κ2) is 9.13. The first-order valence-corrected chi connectivity index (χ1v) is 11.6. The number of nitrogens with zero attached hydrogens (tertiary/aromatic N) is 5. The lowest BCUT2D eigenvalue weighted by Gasteiger charge is -2.28. The molecule has 5 aromatic rings. The summed E-state index contributed by atoms with van der Waals surface area (Å²) in [6, 6.07) is 20.4. The van der Waals surface area contributed by atoms with Gasteiger partial charge in [-0.05, 0) is 42.2 Å². The molecule has 0 bridgehead atoms. The van der Waals surface area contributed by atoms with E-state index in [2.05, 4.69) is 26.8 Å². The lowest BCUT2D eigenvalue weighted by molar-refractivity contribution is 0.0697. The van der Waals surface area contributed by atoms with Gasteiger partial charge < -0.3 is 14.7 Å². The number of morpholine rings is 1. The van der Waals surface area contributed by atoms with Crippen LogP contribution in [-0.4, -0.2) is 57.0 Å². The molecule has 6 rings (SSSR count). The fourth-order valence-corrected chi connectivity index (χ4v) is 4.39. The van der Waals surface area contributed by atoms with Crippen LogP contribution < -0.4 is 4.90 Å². The number of rotatable bonds is 3. The van der Waals surface area contributed by atoms with Crippen LogP contribution in [0, 0.1) is 11.8 Å². The molecule has 1 fully saturated rings. The summed E-state index contributed by atoms with van der Waals surface area (Å²) in [5, 5.41) is 15.2. The largest absolute Gasteiger partial charge is 0.478 e. The van der Waals surface area contributed by atoms with Crippen molar-refractivity contribution in [3.05, 3.63) is 89.9 Å². The SMILES string of the molecule is O=C(O)c1cccc(-c2c(C#Cc3ccc4ccccc4n3)nc3c(N4CCOCC4)ccnn23)c1. The number of fused-ring (bicyclic) bond motifs is 2. The molecule has 1 aliphatic heterocycles. The summed E-state index contributed by atoms with van der Waals surface area (Å²) in [5.41, 5.74) is 5.07. The number of carboxylic acids is 1. The second-order valence-electron chi connectivity index (χ2n) is 8.39. The zero-order valence-electron chi connectivity index (χ0n) is 19.3. The van der Waals surface area contributed by atoms with Gasteiger partial charge in [0.1, 0.15) is 17.1 Å². The topological polar surface area (TPSA) is 92.8 Å². The normalized spacial score (nSPS) is 13.5. The van der Waals surface area contributed by atoms with Gasteiger partial charge in [-0.1, -0.05) is 36.4 Å². The Kier molecular flexibility index (Phi) is 5.52. The molecule has 2 aromatic carbocycles. The summed E-state index contributed by atoms with van der Waals surface area (Å²) >= 11 is 0. The van der Waals surface area contributed by atoms with Crippen molar-refractivity contribution < 1.29 is 14.6 Å². The summed E-state index contributed by atoms with van der Waals surface area (Å²) in [5.74, 6) is 5.33. The number of pyridine rings is 1. The van der Waals surface area contributed by atoms with Crippen molar-refractivity contribution in [1.29, 1.82) is 0 Å². The van der Waals surface area contributed by atoms with Gasteiger partial charge in [-0.25, -0.2) is 19.3 Å². The number of carboxylic acid groups (broad SMARTS) is 1. The van der Waals surface area contributed by atoms with E-state index in [0.29, 0.717) is 41.5 Å². The molecule has 8 nitrogen and oxygen atoms in total. The molecule has 1 aliphatic rings. The smallest absolute Gasteiger partial charge is 0.335 e. The molecule has 8 heteroatoms. The third-order valence-corrected chi connectivity index (χ3v) is 6.14. The zero-order chi connectivity index (χ0) is 24.5. The molecule has 0 saturated carbocycles. The van der Waals surface area contributed by atoms with Crippen LogP contribution in [0.2, 0.25) is 0 Å². The number of anilines is 1. The van der Waals surface area contributed by atoms with Crippen LogP contribution in [0.15, 0.2) is 72.9 Å². The predicted molar refractivity (Wildman–Crippen MR) is 136 cm³/mol. The van der Waals surface area contributed by atoms with E-state index >= 15 is 0 Å². The molecule has 0 atom stereocenters. The summed E-state index contributed by atoms with van der Waals surface area (Å²) in [4.78, 5) is 23.4. The standard InChI is InChI=1S/C28H21N5O3/c34-28(35)21-6-3-5-20(18-21)26-24(11-10-22-9-8-19-4-1-2-7-23(19)30-22)31-27-25(12-13-29-33(26)27)32-14-16-36-17-15-32/h1-9,12-13,18H,14-17H2,(H,34,35). The van der Waals surface area contributed by atoms with Crippen molar-refractivity contribution in [2.45, 2.75) is 0 Å². The number of ether oxygens (including phenoxy) is 1. The molecule has 0 spiro atoms. The van der Waals surface area contributed by atoms with E-state index < -0.39 is 5.97 Å². The van der Waals surface area contributed by atoms with E-state index in [-0.39, 0.29) is 5.56 Å². The van der Waals surface area contributed by atoms with Crippen molar-refractivity contribution >= 4 is 28.2 Å². The van der Waals surface area contributed by atoms with E-state index in [0.717, 1.165) is 29.7 Å². The highest BCUT2D eigenvalue weighted by atomic mass is 16.5. The zero-order valence-corrected chi connectivity index (χ0v) is 19.3. The van der Waals surface area contributed by atoms with Crippen LogP contribution in [0.1, 0.15) is 21.7 Å². The van der Waals surface area contributed by atoms with Crippen LogP contribution in [0.3, 0.4) is 0 Å². The molecule has 0 unspecified atom stereocenters. The van der Waals surface area contributed by atoms with Gasteiger partial charge in [-0.2, -0.15) is 5.10 Å². The predicted octanol–water partition coefficient (Wildman–Crippen LogP) is 3.88. The quantitative estimate of drug-likeness (QED) is 0.396. The van der Waals surface area contributed by atoms with Crippen LogP contribution >= 0.6 is 0 Å². The van der Waals surface area contributed by atoms with Gasteiger partial charge in [0.25, 0.3) is 0 Å². The van der Waals surface area contributed by atoms with Crippen LogP contribution in [-0.2, 0) is 4.74 Å². The molecule has 0 amide bonds. The van der Waals surface area contributed by atoms with Crippen LogP contribution in [0.4, 0.5) is 5.69 Å². The van der Waals surface area contributed by atoms with Crippen LogP contribution in [0.5, 0.6) is 0 Å². The van der Waals surface area contributed by atoms with Gasteiger partial charge >= 0.3 is 5.97 Å². The first-order valence-electron chi connectivity index (χ1n) is 11.6. The first-order chi connectivity index (χ1) is 17.7. The maximum Gasteiger partial charge on any atom is 0.335 e. The van der Waals surface area contributed by atoms with Gasteiger partial charge in [0.05, 0.1) is 36.2 Å². The Bertz CT molecular complexity index is 1680. The lowest BCUT2D eigenvalue weighted by Crippen LogP contribution is -2.36. The molecule has 176 valence electrons. The van der Waals surface area contributed by atoms with Crippen molar-refractivity contribution in [1.82, 2.24) is 19.6 Å². The first kappa shape index (κ1) is 21.8. The molecular formula is C28H21N5O3.